The number of hydrogen-bond acceptors (Lipinski definition) is 8. The van der Waals surface area contributed by atoms with Crippen molar-refractivity contribution in [3.05, 3.63) is 65.7 Å². The quantitative estimate of drug-likeness (QED) is 0.382. The third-order valence-electron chi connectivity index (χ3n) is 5.54. The van der Waals surface area contributed by atoms with Crippen LogP contribution in [-0.4, -0.2) is 52.3 Å². The summed E-state index contributed by atoms with van der Waals surface area (Å²) in [6, 6.07) is 0.775. The number of alkyl halides is 2. The predicted octanol–water partition coefficient (Wildman–Crippen LogP) is 3.26. The van der Waals surface area contributed by atoms with Crippen molar-refractivity contribution >= 4 is 17.0 Å². The molecule has 0 radical (unpaired) electrons. The maximum atomic E-state index is 14.2. The highest BCUT2D eigenvalue weighted by atomic mass is 19.3. The Morgan fingerprint density at radius 1 is 1.17 bits per heavy atom. The van der Waals surface area contributed by atoms with Crippen molar-refractivity contribution < 1.29 is 31.2 Å². The van der Waals surface area contributed by atoms with Crippen molar-refractivity contribution in [2.24, 2.45) is 0 Å². The Labute approximate surface area is 191 Å². The van der Waals surface area contributed by atoms with E-state index in [0.29, 0.717) is 22.5 Å². The van der Waals surface area contributed by atoms with E-state index in [1.165, 1.54) is 11.2 Å². The largest absolute Gasteiger partial charge is 0.435 e. The second-order valence-electron chi connectivity index (χ2n) is 7.58. The van der Waals surface area contributed by atoms with E-state index in [0.717, 1.165) is 24.5 Å². The number of oxazole rings is 1. The molecule has 11 nitrogen and oxygen atoms in total. The van der Waals surface area contributed by atoms with E-state index in [1.807, 2.05) is 0 Å². The van der Waals surface area contributed by atoms with Gasteiger partial charge in [0.25, 0.3) is 5.89 Å². The number of H-pyrrole nitrogens is 1. The average Bonchev–Trinajstić information content (AvgIpc) is 3.65. The molecule has 5 aromatic rings. The number of aromatic amines is 1. The summed E-state index contributed by atoms with van der Waals surface area (Å²) < 4.78 is 65.4. The Hall–Kier alpha value is -4.56. The predicted molar refractivity (Wildman–Crippen MR) is 106 cm³/mol. The fourth-order valence-corrected chi connectivity index (χ4v) is 3.93. The molecule has 0 spiro atoms. The van der Waals surface area contributed by atoms with E-state index in [2.05, 4.69) is 30.2 Å². The van der Waals surface area contributed by atoms with E-state index in [9.17, 15) is 22.4 Å². The van der Waals surface area contributed by atoms with Crippen LogP contribution in [0.5, 0.6) is 0 Å². The molecule has 1 aliphatic rings. The number of imidazole rings is 1. The van der Waals surface area contributed by atoms with Gasteiger partial charge in [-0.3, -0.25) is 4.79 Å². The van der Waals surface area contributed by atoms with Crippen molar-refractivity contribution in [3.8, 4) is 11.5 Å². The smallest absolute Gasteiger partial charge is 0.333 e. The van der Waals surface area contributed by atoms with Crippen LogP contribution in [0.3, 0.4) is 0 Å². The van der Waals surface area contributed by atoms with E-state index in [1.54, 1.807) is 0 Å². The topological polar surface area (TPSA) is 132 Å². The fraction of sp³-hybridized carbons (Fsp3) is 0.200. The number of nitrogens with zero attached hydrogens (tertiary/aromatic N) is 7. The Morgan fingerprint density at radius 3 is 2.77 bits per heavy atom. The molecule has 4 aromatic heterocycles. The number of fused-ring (bicyclic) bond motifs is 2. The van der Waals surface area contributed by atoms with Gasteiger partial charge in [-0.05, 0) is 12.1 Å². The molecule has 5 heterocycles. The van der Waals surface area contributed by atoms with Gasteiger partial charge in [-0.25, -0.2) is 23.4 Å². The Kier molecular flexibility index (Phi) is 4.65. The monoisotopic (exact) mass is 488 g/mol. The number of aromatic nitrogens is 7. The summed E-state index contributed by atoms with van der Waals surface area (Å²) in [4.78, 5) is 25.9. The molecule has 1 amide bonds. The van der Waals surface area contributed by atoms with E-state index in [4.69, 9.17) is 8.83 Å². The van der Waals surface area contributed by atoms with Crippen LogP contribution < -0.4 is 0 Å². The zero-order valence-electron chi connectivity index (χ0n) is 17.3. The van der Waals surface area contributed by atoms with Crippen LogP contribution in [0.25, 0.3) is 22.6 Å². The zero-order valence-corrected chi connectivity index (χ0v) is 17.3. The second-order valence-corrected chi connectivity index (χ2v) is 7.58. The first kappa shape index (κ1) is 21.0. The summed E-state index contributed by atoms with van der Waals surface area (Å²) in [7, 11) is 0. The molecule has 35 heavy (non-hydrogen) atoms. The Balaban J connectivity index is 1.39. The number of halogens is 4. The molecule has 1 N–H and O–H groups in total. The summed E-state index contributed by atoms with van der Waals surface area (Å²) in [5.74, 6) is -3.15. The lowest BCUT2D eigenvalue weighted by Crippen LogP contribution is -2.41. The van der Waals surface area contributed by atoms with Crippen molar-refractivity contribution in [3.63, 3.8) is 0 Å². The molecule has 178 valence electrons. The van der Waals surface area contributed by atoms with Gasteiger partial charge in [-0.1, -0.05) is 0 Å². The number of carbonyl (C=O) groups is 1. The van der Waals surface area contributed by atoms with Gasteiger partial charge >= 0.3 is 18.3 Å². The first-order valence-electron chi connectivity index (χ1n) is 10.1. The molecule has 6 rings (SSSR count). The number of nitrogens with one attached hydrogen (secondary N) is 1. The van der Waals surface area contributed by atoms with Gasteiger partial charge in [0.1, 0.15) is 5.52 Å². The van der Waals surface area contributed by atoms with E-state index < -0.39 is 41.6 Å². The first-order chi connectivity index (χ1) is 16.9. The molecule has 0 unspecified atom stereocenters. The van der Waals surface area contributed by atoms with Gasteiger partial charge in [0.15, 0.2) is 23.3 Å². The highest BCUT2D eigenvalue weighted by Crippen LogP contribution is 2.36. The van der Waals surface area contributed by atoms with Crippen LogP contribution in [0.1, 0.15) is 40.6 Å². The number of carbonyl (C=O) groups excluding carboxylic acids is 1. The van der Waals surface area contributed by atoms with Gasteiger partial charge in [-0.15, -0.1) is 10.2 Å². The van der Waals surface area contributed by atoms with Crippen LogP contribution in [0.15, 0.2) is 39.7 Å². The minimum atomic E-state index is -2.86. The fourth-order valence-electron chi connectivity index (χ4n) is 3.93. The lowest BCUT2D eigenvalue weighted by molar-refractivity contribution is 0.0565. The van der Waals surface area contributed by atoms with Gasteiger partial charge in [0, 0.05) is 24.9 Å². The number of hydrogen-bond donors (Lipinski definition) is 1. The molecule has 15 heteroatoms. The Bertz CT molecular complexity index is 1530. The maximum absolute atomic E-state index is 14.2. The second kappa shape index (κ2) is 7.75. The third-order valence-corrected chi connectivity index (χ3v) is 5.54. The van der Waals surface area contributed by atoms with Gasteiger partial charge in [0.05, 0.1) is 23.8 Å². The first-order valence-corrected chi connectivity index (χ1v) is 10.1. The molecule has 0 saturated heterocycles. The van der Waals surface area contributed by atoms with Crippen LogP contribution in [-0.2, 0) is 6.42 Å². The molecule has 0 saturated carbocycles. The summed E-state index contributed by atoms with van der Waals surface area (Å²) >= 11 is 0. The Morgan fingerprint density at radius 2 is 2.00 bits per heavy atom. The molecule has 0 aliphatic carbocycles. The molecule has 0 fully saturated rings. The molecule has 1 atom stereocenters. The summed E-state index contributed by atoms with van der Waals surface area (Å²) in [6.07, 6.45) is 3.88. The summed E-state index contributed by atoms with van der Waals surface area (Å²) in [6.45, 7) is -2.74. The zero-order chi connectivity index (χ0) is 24.3. The lowest BCUT2D eigenvalue weighted by atomic mass is 10.0. The van der Waals surface area contributed by atoms with Crippen molar-refractivity contribution in [1.29, 1.82) is 0 Å². The molecule has 0 bridgehead atoms. The summed E-state index contributed by atoms with van der Waals surface area (Å²) in [5, 5.41) is 11.0. The number of amides is 1. The van der Waals surface area contributed by atoms with Crippen molar-refractivity contribution in [1.82, 2.24) is 39.8 Å². The van der Waals surface area contributed by atoms with Gasteiger partial charge in [0.2, 0.25) is 5.89 Å². The number of benzene rings is 1. The highest BCUT2D eigenvalue weighted by Gasteiger charge is 2.40. The standard InChI is InChI=1S/C20H12F4N8O3/c21-9-1-2-10(22)15-12(9)28-17(34-15)14-13-11(25-7-26-13)3-4-31(14)19(33)18-30-29-16(35-18)8-5-27-32(6-8)20(23)24/h1-2,5-7,14,20H,3-4H2,(H,25,26)/t14-/m0/s1. The van der Waals surface area contributed by atoms with Crippen LogP contribution in [0.2, 0.25) is 0 Å². The van der Waals surface area contributed by atoms with Gasteiger partial charge in [-0.2, -0.15) is 13.9 Å². The van der Waals surface area contributed by atoms with E-state index >= 15 is 0 Å². The molecular weight excluding hydrogens is 476 g/mol. The highest BCUT2D eigenvalue weighted by molar-refractivity contribution is 5.90. The average molecular weight is 488 g/mol. The summed E-state index contributed by atoms with van der Waals surface area (Å²) in [5.41, 5.74) is 0.423. The SMILES string of the molecule is O=C(c1nnc(-c2cnn(C(F)F)c2)o1)N1CCc2[nH]cnc2[C@H]1c1nc2c(F)ccc(F)c2o1. The minimum Gasteiger partial charge on any atom is -0.435 e. The van der Waals surface area contributed by atoms with E-state index in [-0.39, 0.29) is 29.4 Å². The van der Waals surface area contributed by atoms with Gasteiger partial charge < -0.3 is 18.7 Å². The molecule has 1 aromatic carbocycles. The number of rotatable bonds is 4. The van der Waals surface area contributed by atoms with Crippen LogP contribution in [0, 0.1) is 11.6 Å². The third kappa shape index (κ3) is 3.34. The maximum Gasteiger partial charge on any atom is 0.333 e. The molecule has 1 aliphatic heterocycles. The van der Waals surface area contributed by atoms with Crippen LogP contribution in [0.4, 0.5) is 17.6 Å². The van der Waals surface area contributed by atoms with Crippen molar-refractivity contribution in [2.75, 3.05) is 6.54 Å². The lowest BCUT2D eigenvalue weighted by Gasteiger charge is -2.31. The minimum absolute atomic E-state index is 0.0894. The van der Waals surface area contributed by atoms with Crippen LogP contribution >= 0.6 is 0 Å². The normalized spacial score (nSPS) is 15.8. The van der Waals surface area contributed by atoms with Crippen molar-refractivity contribution in [2.45, 2.75) is 19.0 Å². The molecular formula is C20H12F4N8O3.